The summed E-state index contributed by atoms with van der Waals surface area (Å²) in [6.07, 6.45) is 2.05. The first-order valence-electron chi connectivity index (χ1n) is 12.3. The van der Waals surface area contributed by atoms with E-state index in [0.717, 1.165) is 12.2 Å². The number of hydrogen-bond acceptors (Lipinski definition) is 10. The van der Waals surface area contributed by atoms with Gasteiger partial charge < -0.3 is 28.4 Å². The maximum absolute atomic E-state index is 12.8. The third kappa shape index (κ3) is 9.10. The van der Waals surface area contributed by atoms with Crippen LogP contribution in [0.5, 0.6) is 23.0 Å². The van der Waals surface area contributed by atoms with Crippen LogP contribution in [0.1, 0.15) is 46.0 Å². The molecule has 3 aromatic carbocycles. The lowest BCUT2D eigenvalue weighted by molar-refractivity contribution is -0.145. The molecule has 3 aromatic rings. The van der Waals surface area contributed by atoms with Gasteiger partial charge in [0.2, 0.25) is 13.6 Å². The van der Waals surface area contributed by atoms with Crippen LogP contribution in [-0.2, 0) is 19.1 Å². The SMILES string of the molecule is C=CC(=O)OCOc1ccc(C(=O)Oc2ccc(OC(=O)c3ccc(OCOC(=O)C=C)cc3)c(C(C)C)c2)cc1. The summed E-state index contributed by atoms with van der Waals surface area (Å²) in [5, 5.41) is 0. The second-order valence-electron chi connectivity index (χ2n) is 8.54. The van der Waals surface area contributed by atoms with Crippen molar-refractivity contribution in [1.29, 1.82) is 0 Å². The molecule has 0 aliphatic heterocycles. The molecule has 0 saturated heterocycles. The molecule has 0 saturated carbocycles. The summed E-state index contributed by atoms with van der Waals surface area (Å²) in [7, 11) is 0. The maximum atomic E-state index is 12.8. The number of carbonyl (C=O) groups excluding carboxylic acids is 4. The Morgan fingerprint density at radius 1 is 0.659 bits per heavy atom. The molecular weight excluding hydrogens is 532 g/mol. The summed E-state index contributed by atoms with van der Waals surface area (Å²) in [5.41, 5.74) is 1.20. The number of esters is 4. The van der Waals surface area contributed by atoms with Crippen molar-refractivity contribution in [2.24, 2.45) is 0 Å². The zero-order chi connectivity index (χ0) is 29.8. The molecule has 0 spiro atoms. The fourth-order valence-corrected chi connectivity index (χ4v) is 3.26. The molecule has 0 aliphatic rings. The molecular formula is C31H28O10. The van der Waals surface area contributed by atoms with E-state index in [9.17, 15) is 19.2 Å². The van der Waals surface area contributed by atoms with E-state index in [-0.39, 0.29) is 36.4 Å². The Morgan fingerprint density at radius 3 is 1.54 bits per heavy atom. The monoisotopic (exact) mass is 560 g/mol. The van der Waals surface area contributed by atoms with Gasteiger partial charge in [-0.3, -0.25) is 0 Å². The molecule has 0 atom stereocenters. The summed E-state index contributed by atoms with van der Waals surface area (Å²) in [6.45, 7) is 9.82. The van der Waals surface area contributed by atoms with Gasteiger partial charge in [0.25, 0.3) is 0 Å². The van der Waals surface area contributed by atoms with Crippen LogP contribution in [-0.4, -0.2) is 37.5 Å². The number of benzene rings is 3. The first-order chi connectivity index (χ1) is 19.7. The smallest absolute Gasteiger partial charge is 0.343 e. The Balaban J connectivity index is 1.61. The van der Waals surface area contributed by atoms with Crippen molar-refractivity contribution in [3.63, 3.8) is 0 Å². The van der Waals surface area contributed by atoms with Gasteiger partial charge in [-0.2, -0.15) is 0 Å². The molecule has 0 radical (unpaired) electrons. The third-order valence-electron chi connectivity index (χ3n) is 5.38. The number of rotatable bonds is 13. The zero-order valence-corrected chi connectivity index (χ0v) is 22.5. The highest BCUT2D eigenvalue weighted by atomic mass is 16.7. The predicted molar refractivity (Wildman–Crippen MR) is 147 cm³/mol. The van der Waals surface area contributed by atoms with E-state index >= 15 is 0 Å². The van der Waals surface area contributed by atoms with Crippen molar-refractivity contribution in [2.75, 3.05) is 13.6 Å². The topological polar surface area (TPSA) is 124 Å². The van der Waals surface area contributed by atoms with Crippen molar-refractivity contribution in [3.05, 3.63) is 109 Å². The third-order valence-corrected chi connectivity index (χ3v) is 5.38. The van der Waals surface area contributed by atoms with Gasteiger partial charge in [-0.25, -0.2) is 19.2 Å². The van der Waals surface area contributed by atoms with E-state index in [0.29, 0.717) is 22.8 Å². The Labute approximate surface area is 236 Å². The van der Waals surface area contributed by atoms with Crippen LogP contribution in [0.4, 0.5) is 0 Å². The van der Waals surface area contributed by atoms with Crippen molar-refractivity contribution >= 4 is 23.9 Å². The highest BCUT2D eigenvalue weighted by molar-refractivity contribution is 5.92. The zero-order valence-electron chi connectivity index (χ0n) is 22.5. The van der Waals surface area contributed by atoms with Gasteiger partial charge in [-0.15, -0.1) is 0 Å². The lowest BCUT2D eigenvalue weighted by atomic mass is 10.0. The van der Waals surface area contributed by atoms with Gasteiger partial charge in [0.15, 0.2) is 0 Å². The minimum atomic E-state index is -0.613. The molecule has 0 bridgehead atoms. The molecule has 10 heteroatoms. The van der Waals surface area contributed by atoms with E-state index in [1.807, 2.05) is 13.8 Å². The fourth-order valence-electron chi connectivity index (χ4n) is 3.26. The Bertz CT molecular complexity index is 1410. The van der Waals surface area contributed by atoms with Crippen LogP contribution in [0.25, 0.3) is 0 Å². The van der Waals surface area contributed by atoms with Crippen LogP contribution in [0.2, 0.25) is 0 Å². The average Bonchev–Trinajstić information content (AvgIpc) is 2.98. The van der Waals surface area contributed by atoms with Crippen LogP contribution >= 0.6 is 0 Å². The molecule has 0 N–H and O–H groups in total. The van der Waals surface area contributed by atoms with E-state index in [1.54, 1.807) is 24.3 Å². The molecule has 3 rings (SSSR count). The summed E-state index contributed by atoms with van der Waals surface area (Å²) in [6, 6.07) is 16.9. The highest BCUT2D eigenvalue weighted by Crippen LogP contribution is 2.31. The largest absolute Gasteiger partial charge is 0.457 e. The van der Waals surface area contributed by atoms with Crippen LogP contribution in [0.3, 0.4) is 0 Å². The average molecular weight is 561 g/mol. The van der Waals surface area contributed by atoms with E-state index in [4.69, 9.17) is 28.4 Å². The minimum Gasteiger partial charge on any atom is -0.457 e. The second-order valence-corrected chi connectivity index (χ2v) is 8.54. The molecule has 0 aliphatic carbocycles. The molecule has 0 amide bonds. The standard InChI is InChI=1S/C31H28O10/c1-5-28(32)38-18-36-23-11-7-21(8-12-23)30(34)40-25-15-16-27(26(17-25)20(3)4)41-31(35)22-9-13-24(14-10-22)37-19-39-29(33)6-2/h5-17,20H,1-2,18-19H2,3-4H3. The minimum absolute atomic E-state index is 0.0582. The van der Waals surface area contributed by atoms with Crippen molar-refractivity contribution in [2.45, 2.75) is 19.8 Å². The van der Waals surface area contributed by atoms with Gasteiger partial charge in [0, 0.05) is 17.7 Å². The predicted octanol–water partition coefficient (Wildman–Crippen LogP) is 5.38. The van der Waals surface area contributed by atoms with Gasteiger partial charge in [0.05, 0.1) is 11.1 Å². The van der Waals surface area contributed by atoms with E-state index < -0.39 is 23.9 Å². The summed E-state index contributed by atoms with van der Waals surface area (Å²) >= 11 is 0. The maximum Gasteiger partial charge on any atom is 0.343 e. The first-order valence-corrected chi connectivity index (χ1v) is 12.3. The quantitative estimate of drug-likeness (QED) is 0.116. The van der Waals surface area contributed by atoms with E-state index in [1.165, 1.54) is 42.5 Å². The second kappa shape index (κ2) is 14.7. The van der Waals surface area contributed by atoms with Gasteiger partial charge in [-0.05, 0) is 72.6 Å². The fraction of sp³-hybridized carbons (Fsp3) is 0.161. The van der Waals surface area contributed by atoms with Crippen molar-refractivity contribution < 1.29 is 47.6 Å². The molecule has 10 nitrogen and oxygen atoms in total. The lowest BCUT2D eigenvalue weighted by Crippen LogP contribution is -2.12. The van der Waals surface area contributed by atoms with Crippen LogP contribution in [0.15, 0.2) is 92.0 Å². The number of ether oxygens (including phenoxy) is 6. The summed E-state index contributed by atoms with van der Waals surface area (Å²) < 4.78 is 31.2. The van der Waals surface area contributed by atoms with Crippen molar-refractivity contribution in [1.82, 2.24) is 0 Å². The number of hydrogen-bond donors (Lipinski definition) is 0. The molecule has 0 heterocycles. The lowest BCUT2D eigenvalue weighted by Gasteiger charge is -2.15. The molecule has 0 unspecified atom stereocenters. The Hall–Kier alpha value is -5.38. The highest BCUT2D eigenvalue weighted by Gasteiger charge is 2.17. The van der Waals surface area contributed by atoms with Crippen molar-refractivity contribution in [3.8, 4) is 23.0 Å². The molecule has 0 aromatic heterocycles. The van der Waals surface area contributed by atoms with E-state index in [2.05, 4.69) is 13.2 Å². The van der Waals surface area contributed by atoms with Gasteiger partial charge in [0.1, 0.15) is 23.0 Å². The van der Waals surface area contributed by atoms with Gasteiger partial charge >= 0.3 is 23.9 Å². The summed E-state index contributed by atoms with van der Waals surface area (Å²) in [4.78, 5) is 47.6. The van der Waals surface area contributed by atoms with Crippen LogP contribution in [0, 0.1) is 0 Å². The summed E-state index contributed by atoms with van der Waals surface area (Å²) in [5.74, 6) is -1.10. The number of carbonyl (C=O) groups is 4. The molecule has 212 valence electrons. The Morgan fingerprint density at radius 2 is 1.10 bits per heavy atom. The molecule has 0 fully saturated rings. The van der Waals surface area contributed by atoms with Gasteiger partial charge in [-0.1, -0.05) is 27.0 Å². The Kier molecular flexibility index (Phi) is 10.8. The normalized spacial score (nSPS) is 10.2. The molecule has 41 heavy (non-hydrogen) atoms. The first kappa shape index (κ1) is 30.2. The van der Waals surface area contributed by atoms with Crippen LogP contribution < -0.4 is 18.9 Å².